The second-order valence-electron chi connectivity index (χ2n) is 8.38. The second-order valence-corrected chi connectivity index (χ2v) is 9.29. The van der Waals surface area contributed by atoms with E-state index in [2.05, 4.69) is 37.1 Å². The summed E-state index contributed by atoms with van der Waals surface area (Å²) < 4.78 is 11.9. The third kappa shape index (κ3) is 7.91. The number of carbonyl (C=O) groups excluding carboxylic acids is 3. The Balaban J connectivity index is 1.61. The maximum Gasteiger partial charge on any atom is 0.329 e. The highest BCUT2D eigenvalue weighted by Gasteiger charge is 2.15. The van der Waals surface area contributed by atoms with E-state index >= 15 is 0 Å². The summed E-state index contributed by atoms with van der Waals surface area (Å²) in [5.74, 6) is -1.36. The van der Waals surface area contributed by atoms with Gasteiger partial charge in [-0.25, -0.2) is 5.43 Å². The van der Waals surface area contributed by atoms with Crippen molar-refractivity contribution in [2.24, 2.45) is 5.10 Å². The summed E-state index contributed by atoms with van der Waals surface area (Å²) in [6, 6.07) is 15.9. The van der Waals surface area contributed by atoms with Gasteiger partial charge in [-0.1, -0.05) is 45.8 Å². The number of anilines is 2. The molecule has 3 N–H and O–H groups in total. The van der Waals surface area contributed by atoms with Crippen molar-refractivity contribution >= 4 is 51.2 Å². The Bertz CT molecular complexity index is 1350. The summed E-state index contributed by atoms with van der Waals surface area (Å²) in [5, 5.41) is 9.27. The summed E-state index contributed by atoms with van der Waals surface area (Å²) in [7, 11) is 0. The van der Waals surface area contributed by atoms with Crippen LogP contribution < -0.4 is 25.5 Å². The standard InChI is InChI=1S/C28H29BrN4O5/c1-5-37-24-9-7-6-8-22(24)31-27(35)28(36)33-30-15-20-14-21(29)10-11-23(20)38-16-25(34)32-26-18(3)12-17(2)13-19(26)4/h6-15H,5,16H2,1-4H3,(H,31,35)(H,32,34)(H,33,36)/b30-15-. The van der Waals surface area contributed by atoms with Crippen molar-refractivity contribution in [3.8, 4) is 11.5 Å². The Hall–Kier alpha value is -4.18. The largest absolute Gasteiger partial charge is 0.492 e. The summed E-state index contributed by atoms with van der Waals surface area (Å²) >= 11 is 3.38. The molecule has 3 amide bonds. The molecule has 0 radical (unpaired) electrons. The van der Waals surface area contributed by atoms with Crippen molar-refractivity contribution in [2.75, 3.05) is 23.8 Å². The molecule has 0 saturated carbocycles. The monoisotopic (exact) mass is 580 g/mol. The Kier molecular flexibility index (Phi) is 10.0. The molecule has 0 bridgehead atoms. The molecule has 0 saturated heterocycles. The second kappa shape index (κ2) is 13.4. The van der Waals surface area contributed by atoms with Crippen molar-refractivity contribution in [2.45, 2.75) is 27.7 Å². The fourth-order valence-corrected chi connectivity index (χ4v) is 4.07. The lowest BCUT2D eigenvalue weighted by Crippen LogP contribution is -2.32. The molecular weight excluding hydrogens is 552 g/mol. The highest BCUT2D eigenvalue weighted by atomic mass is 79.9. The number of halogens is 1. The molecule has 0 aliphatic heterocycles. The molecule has 3 aromatic carbocycles. The SMILES string of the molecule is CCOc1ccccc1NC(=O)C(=O)N/N=C\c1cc(Br)ccc1OCC(=O)Nc1c(C)cc(C)cc1C. The Morgan fingerprint density at radius 2 is 1.61 bits per heavy atom. The lowest BCUT2D eigenvalue weighted by atomic mass is 10.1. The molecule has 0 fully saturated rings. The van der Waals surface area contributed by atoms with Crippen molar-refractivity contribution < 1.29 is 23.9 Å². The number of hydrogen-bond acceptors (Lipinski definition) is 6. The zero-order valence-corrected chi connectivity index (χ0v) is 23.1. The number of aryl methyl sites for hydroxylation is 3. The van der Waals surface area contributed by atoms with E-state index in [4.69, 9.17) is 9.47 Å². The smallest absolute Gasteiger partial charge is 0.329 e. The number of rotatable bonds is 9. The highest BCUT2D eigenvalue weighted by molar-refractivity contribution is 9.10. The minimum Gasteiger partial charge on any atom is -0.492 e. The molecule has 0 aliphatic carbocycles. The molecule has 10 heteroatoms. The van der Waals surface area contributed by atoms with Gasteiger partial charge < -0.3 is 20.1 Å². The molecule has 3 aromatic rings. The average molecular weight is 581 g/mol. The number of benzene rings is 3. The molecule has 0 aromatic heterocycles. The van der Waals surface area contributed by atoms with Gasteiger partial charge in [0, 0.05) is 15.7 Å². The van der Waals surface area contributed by atoms with Crippen LogP contribution in [0.25, 0.3) is 0 Å². The van der Waals surface area contributed by atoms with E-state index in [-0.39, 0.29) is 12.5 Å². The zero-order valence-electron chi connectivity index (χ0n) is 21.6. The molecule has 198 valence electrons. The van der Waals surface area contributed by atoms with E-state index in [9.17, 15) is 14.4 Å². The first-order valence-corrected chi connectivity index (χ1v) is 12.6. The van der Waals surface area contributed by atoms with E-state index in [1.807, 2.05) is 39.8 Å². The number of hydrazone groups is 1. The molecule has 0 spiro atoms. The van der Waals surface area contributed by atoms with Crippen molar-refractivity contribution in [3.63, 3.8) is 0 Å². The Morgan fingerprint density at radius 1 is 0.895 bits per heavy atom. The topological polar surface area (TPSA) is 118 Å². The number of nitrogens with one attached hydrogen (secondary N) is 3. The number of amides is 3. The zero-order chi connectivity index (χ0) is 27.7. The predicted molar refractivity (Wildman–Crippen MR) is 151 cm³/mol. The quantitative estimate of drug-likeness (QED) is 0.189. The van der Waals surface area contributed by atoms with Crippen LogP contribution in [-0.2, 0) is 14.4 Å². The lowest BCUT2D eigenvalue weighted by Gasteiger charge is -2.14. The highest BCUT2D eigenvalue weighted by Crippen LogP contribution is 2.25. The van der Waals surface area contributed by atoms with Crippen LogP contribution in [-0.4, -0.2) is 37.1 Å². The molecule has 9 nitrogen and oxygen atoms in total. The fourth-order valence-electron chi connectivity index (χ4n) is 3.69. The third-order valence-corrected chi connectivity index (χ3v) is 5.78. The predicted octanol–water partition coefficient (Wildman–Crippen LogP) is 4.88. The molecule has 0 aliphatic rings. The van der Waals surface area contributed by atoms with Gasteiger partial charge >= 0.3 is 11.8 Å². The van der Waals surface area contributed by atoms with E-state index in [0.717, 1.165) is 26.9 Å². The minimum atomic E-state index is -0.965. The van der Waals surface area contributed by atoms with Gasteiger partial charge in [-0.05, 0) is 69.2 Å². The van der Waals surface area contributed by atoms with Crippen LogP contribution in [0.3, 0.4) is 0 Å². The van der Waals surface area contributed by atoms with Gasteiger partial charge in [0.15, 0.2) is 6.61 Å². The first kappa shape index (κ1) is 28.4. The van der Waals surface area contributed by atoms with Crippen LogP contribution in [0.2, 0.25) is 0 Å². The summed E-state index contributed by atoms with van der Waals surface area (Å²) in [6.45, 7) is 7.87. The Labute approximate surface area is 229 Å². The van der Waals surface area contributed by atoms with Crippen LogP contribution in [0, 0.1) is 20.8 Å². The number of carbonyl (C=O) groups is 3. The van der Waals surface area contributed by atoms with Crippen molar-refractivity contribution in [1.82, 2.24) is 5.43 Å². The summed E-state index contributed by atoms with van der Waals surface area (Å²) in [6.07, 6.45) is 1.32. The molecule has 0 heterocycles. The van der Waals surface area contributed by atoms with E-state index in [0.29, 0.717) is 29.4 Å². The van der Waals surface area contributed by atoms with Crippen LogP contribution in [0.15, 0.2) is 64.2 Å². The van der Waals surface area contributed by atoms with Crippen molar-refractivity contribution in [1.29, 1.82) is 0 Å². The molecule has 0 atom stereocenters. The Morgan fingerprint density at radius 3 is 2.32 bits per heavy atom. The van der Waals surface area contributed by atoms with Crippen LogP contribution >= 0.6 is 15.9 Å². The van der Waals surface area contributed by atoms with Gasteiger partial charge in [0.05, 0.1) is 18.5 Å². The number of nitrogens with zero attached hydrogens (tertiary/aromatic N) is 1. The lowest BCUT2D eigenvalue weighted by molar-refractivity contribution is -0.136. The summed E-state index contributed by atoms with van der Waals surface area (Å²) in [4.78, 5) is 37.1. The number of para-hydroxylation sites is 2. The van der Waals surface area contributed by atoms with Gasteiger partial charge in [-0.2, -0.15) is 5.10 Å². The summed E-state index contributed by atoms with van der Waals surface area (Å²) in [5.41, 5.74) is 6.85. The maximum atomic E-state index is 12.6. The van der Waals surface area contributed by atoms with Gasteiger partial charge in [0.1, 0.15) is 11.5 Å². The van der Waals surface area contributed by atoms with E-state index in [1.54, 1.807) is 42.5 Å². The van der Waals surface area contributed by atoms with Gasteiger partial charge in [-0.15, -0.1) is 0 Å². The molecule has 3 rings (SSSR count). The number of ether oxygens (including phenoxy) is 2. The first-order valence-electron chi connectivity index (χ1n) is 11.8. The minimum absolute atomic E-state index is 0.233. The van der Waals surface area contributed by atoms with E-state index in [1.165, 1.54) is 6.21 Å². The van der Waals surface area contributed by atoms with Crippen LogP contribution in [0.5, 0.6) is 11.5 Å². The van der Waals surface area contributed by atoms with E-state index < -0.39 is 11.8 Å². The van der Waals surface area contributed by atoms with Gasteiger partial charge in [0.2, 0.25) is 0 Å². The third-order valence-electron chi connectivity index (χ3n) is 5.28. The first-order chi connectivity index (χ1) is 18.2. The van der Waals surface area contributed by atoms with Crippen LogP contribution in [0.4, 0.5) is 11.4 Å². The van der Waals surface area contributed by atoms with Crippen molar-refractivity contribution in [3.05, 3.63) is 81.3 Å². The molecule has 38 heavy (non-hydrogen) atoms. The fraction of sp³-hybridized carbons (Fsp3) is 0.214. The number of hydrogen-bond donors (Lipinski definition) is 3. The normalized spacial score (nSPS) is 10.7. The van der Waals surface area contributed by atoms with Gasteiger partial charge in [0.25, 0.3) is 5.91 Å². The average Bonchev–Trinajstić information content (AvgIpc) is 2.87. The molecule has 0 unspecified atom stereocenters. The van der Waals surface area contributed by atoms with Gasteiger partial charge in [-0.3, -0.25) is 14.4 Å². The molecular formula is C28H29BrN4O5. The maximum absolute atomic E-state index is 12.6. The van der Waals surface area contributed by atoms with Crippen LogP contribution in [0.1, 0.15) is 29.2 Å².